The van der Waals surface area contributed by atoms with Gasteiger partial charge in [-0.1, -0.05) is 0 Å². The van der Waals surface area contributed by atoms with Crippen LogP contribution in [0, 0.1) is 0 Å². The van der Waals surface area contributed by atoms with Crippen LogP contribution in [0.2, 0.25) is 0 Å². The van der Waals surface area contributed by atoms with Crippen LogP contribution in [-0.2, 0) is 0 Å². The summed E-state index contributed by atoms with van der Waals surface area (Å²) in [5, 5.41) is 12.9. The van der Waals surface area contributed by atoms with E-state index in [9.17, 15) is 0 Å². The van der Waals surface area contributed by atoms with Crippen molar-refractivity contribution in [3.63, 3.8) is 0 Å². The van der Waals surface area contributed by atoms with Crippen molar-refractivity contribution < 1.29 is 0 Å². The molecule has 9 aromatic carbocycles. The van der Waals surface area contributed by atoms with Crippen LogP contribution < -0.4 is 0 Å². The predicted octanol–water partition coefficient (Wildman–Crippen LogP) is 13.7. The number of rotatable bonds is 4. The van der Waals surface area contributed by atoms with E-state index in [4.69, 9.17) is 0 Å². The Bertz CT molecular complexity index is 3100. The van der Waals surface area contributed by atoms with Gasteiger partial charge in [-0.3, -0.25) is 0 Å². The van der Waals surface area contributed by atoms with Gasteiger partial charge in [0, 0.05) is 0 Å². The van der Waals surface area contributed by atoms with E-state index < -0.39 is 0 Å². The summed E-state index contributed by atoms with van der Waals surface area (Å²) in [5.74, 6) is 0. The van der Waals surface area contributed by atoms with Crippen LogP contribution in [0.5, 0.6) is 0 Å². The van der Waals surface area contributed by atoms with E-state index in [1.165, 1.54) is 101 Å². The van der Waals surface area contributed by atoms with Gasteiger partial charge in [0.1, 0.15) is 0 Å². The van der Waals surface area contributed by atoms with Crippen molar-refractivity contribution in [1.82, 2.24) is 4.98 Å². The Balaban J connectivity index is 1.13. The second kappa shape index (κ2) is 12.1. The van der Waals surface area contributed by atoms with Crippen molar-refractivity contribution in [2.24, 2.45) is 0 Å². The number of pyridine rings is 1. The second-order valence-electron chi connectivity index (χ2n) is 13.8. The van der Waals surface area contributed by atoms with E-state index in [1.54, 1.807) is 0 Å². The Morgan fingerprint density at radius 3 is 1.23 bits per heavy atom. The summed E-state index contributed by atoms with van der Waals surface area (Å²) in [4.78, 5) is 4.49. The van der Waals surface area contributed by atoms with Gasteiger partial charge < -0.3 is 0 Å². The van der Waals surface area contributed by atoms with Crippen molar-refractivity contribution in [2.45, 2.75) is 0 Å². The number of nitrogens with zero attached hydrogens (tertiary/aromatic N) is 1. The molecule has 0 aliphatic carbocycles. The number of hydrogen-bond acceptors (Lipinski definition) is 1. The van der Waals surface area contributed by atoms with Gasteiger partial charge >= 0.3 is 315 Å². The third-order valence-corrected chi connectivity index (χ3v) is 13.3. The van der Waals surface area contributed by atoms with Crippen LogP contribution in [0.25, 0.3) is 107 Å². The van der Waals surface area contributed by atoms with Gasteiger partial charge in [0.05, 0.1) is 0 Å². The quantitative estimate of drug-likeness (QED) is 0.130. The van der Waals surface area contributed by atoms with Crippen molar-refractivity contribution in [1.29, 1.82) is 0 Å². The maximum absolute atomic E-state index is 4.49. The number of hydrogen-bond donors (Lipinski definition) is 0. The Labute approximate surface area is 313 Å². The molecule has 0 amide bonds. The first kappa shape index (κ1) is 30.3. The first-order valence-electron chi connectivity index (χ1n) is 18.1. The molecule has 53 heavy (non-hydrogen) atoms. The molecule has 0 bridgehead atoms. The van der Waals surface area contributed by atoms with Gasteiger partial charge in [0.2, 0.25) is 0 Å². The van der Waals surface area contributed by atoms with Gasteiger partial charge in [-0.25, -0.2) is 0 Å². The molecule has 2 heterocycles. The zero-order valence-corrected chi connectivity index (χ0v) is 30.5. The molecule has 0 radical (unpaired) electrons. The molecule has 0 saturated carbocycles. The Hall–Kier alpha value is -6.31. The third kappa shape index (κ3) is 4.74. The molecule has 2 aromatic heterocycles. The summed E-state index contributed by atoms with van der Waals surface area (Å²) < 4.78 is 2.90. The first-order valence-corrected chi connectivity index (χ1v) is 19.8. The molecule has 0 N–H and O–H groups in total. The van der Waals surface area contributed by atoms with Gasteiger partial charge in [-0.05, 0) is 0 Å². The molecule has 11 rings (SSSR count). The zero-order valence-electron chi connectivity index (χ0n) is 28.8. The van der Waals surface area contributed by atoms with Crippen LogP contribution in [0.4, 0.5) is 0 Å². The standard InChI is InChI=1S/C51H31NSe/c1-2-13-32(14-3-1)48-37-16-4-6-18-39(37)50(40-19-7-5-17-38(40)48)34-24-26-36-45-29-33(25-27-46(45)53-47(36)30-34)49-41-20-8-10-22-43(41)51(35-15-12-28-52-31-35)44-23-11-9-21-42(44)49/h1-31H. The summed E-state index contributed by atoms with van der Waals surface area (Å²) in [6.07, 6.45) is 3.83. The molecule has 0 saturated heterocycles. The molecule has 11 aromatic rings. The molecule has 0 fully saturated rings. The number of fused-ring (bicyclic) bond motifs is 7. The molecule has 0 aliphatic heterocycles. The van der Waals surface area contributed by atoms with Gasteiger partial charge in [-0.15, -0.1) is 0 Å². The summed E-state index contributed by atoms with van der Waals surface area (Å²) >= 11 is 0.211. The first-order chi connectivity index (χ1) is 26.3. The van der Waals surface area contributed by atoms with Crippen molar-refractivity contribution >= 4 is 76.9 Å². The molecule has 0 spiro atoms. The van der Waals surface area contributed by atoms with Crippen LogP contribution in [0.15, 0.2) is 188 Å². The molecule has 2 heteroatoms. The van der Waals surface area contributed by atoms with Crippen LogP contribution in [-0.4, -0.2) is 19.5 Å². The van der Waals surface area contributed by atoms with Gasteiger partial charge in [-0.2, -0.15) is 0 Å². The fraction of sp³-hybridized carbons (Fsp3) is 0. The minimum absolute atomic E-state index is 0.211. The fourth-order valence-corrected chi connectivity index (χ4v) is 11.1. The monoisotopic (exact) mass is 737 g/mol. The van der Waals surface area contributed by atoms with Crippen molar-refractivity contribution in [3.05, 3.63) is 188 Å². The molecule has 0 atom stereocenters. The maximum atomic E-state index is 4.49. The van der Waals surface area contributed by atoms with Crippen LogP contribution >= 0.6 is 0 Å². The van der Waals surface area contributed by atoms with E-state index in [0.717, 1.165) is 5.56 Å². The minimum atomic E-state index is 0.211. The van der Waals surface area contributed by atoms with Crippen molar-refractivity contribution in [3.8, 4) is 44.5 Å². The molecular weight excluding hydrogens is 706 g/mol. The normalized spacial score (nSPS) is 11.8. The summed E-state index contributed by atoms with van der Waals surface area (Å²) in [7, 11) is 0. The van der Waals surface area contributed by atoms with Gasteiger partial charge in [0.25, 0.3) is 0 Å². The molecule has 0 unspecified atom stereocenters. The second-order valence-corrected chi connectivity index (χ2v) is 16.1. The Kier molecular flexibility index (Phi) is 6.95. The fourth-order valence-electron chi connectivity index (χ4n) is 8.70. The average molecular weight is 737 g/mol. The third-order valence-electron chi connectivity index (χ3n) is 10.9. The topological polar surface area (TPSA) is 12.9 Å². The van der Waals surface area contributed by atoms with E-state index in [0.29, 0.717) is 0 Å². The predicted molar refractivity (Wildman–Crippen MR) is 228 cm³/mol. The number of aromatic nitrogens is 1. The van der Waals surface area contributed by atoms with E-state index in [2.05, 4.69) is 175 Å². The van der Waals surface area contributed by atoms with Crippen LogP contribution in [0.1, 0.15) is 0 Å². The molecule has 0 aliphatic rings. The summed E-state index contributed by atoms with van der Waals surface area (Å²) in [6.45, 7) is 0. The molecule has 246 valence electrons. The molecule has 1 nitrogen and oxygen atoms in total. The van der Waals surface area contributed by atoms with Crippen LogP contribution in [0.3, 0.4) is 0 Å². The van der Waals surface area contributed by atoms with Gasteiger partial charge in [0.15, 0.2) is 0 Å². The number of benzene rings is 9. The Morgan fingerprint density at radius 1 is 0.283 bits per heavy atom. The zero-order chi connectivity index (χ0) is 34.9. The van der Waals surface area contributed by atoms with E-state index >= 15 is 0 Å². The summed E-state index contributed by atoms with van der Waals surface area (Å²) in [5.41, 5.74) is 10.1. The average Bonchev–Trinajstić information content (AvgIpc) is 3.59. The summed E-state index contributed by atoms with van der Waals surface area (Å²) in [6, 6.07) is 65.1. The van der Waals surface area contributed by atoms with E-state index in [1.807, 2.05) is 18.5 Å². The SMILES string of the molecule is c1ccc(-c2c3ccccc3c(-c3ccc4c(c3)[se]c3ccc(-c5c6ccccc6c(-c6cccnc6)c6ccccc56)cc34)c3ccccc23)cc1. The van der Waals surface area contributed by atoms with Crippen molar-refractivity contribution in [2.75, 3.05) is 0 Å². The van der Waals surface area contributed by atoms with E-state index in [-0.39, 0.29) is 14.5 Å². The Morgan fingerprint density at radius 2 is 0.717 bits per heavy atom. The molecular formula is C51H31NSe.